The van der Waals surface area contributed by atoms with Gasteiger partial charge in [0.1, 0.15) is 11.6 Å². The molecule has 0 aromatic carbocycles. The summed E-state index contributed by atoms with van der Waals surface area (Å²) in [4.78, 5) is 23.0. The Bertz CT molecular complexity index is 784. The molecule has 110 valence electrons. The Hall–Kier alpha value is -3.15. The summed E-state index contributed by atoms with van der Waals surface area (Å²) in [6, 6.07) is 11.1. The van der Waals surface area contributed by atoms with Crippen LogP contribution in [0.1, 0.15) is 10.4 Å². The van der Waals surface area contributed by atoms with E-state index in [2.05, 4.69) is 20.3 Å². The summed E-state index contributed by atoms with van der Waals surface area (Å²) < 4.78 is 4.70. The molecule has 0 aliphatic carbocycles. The number of anilines is 2. The van der Waals surface area contributed by atoms with Gasteiger partial charge in [-0.05, 0) is 30.3 Å². The average molecular weight is 294 g/mol. The predicted molar refractivity (Wildman–Crippen MR) is 82.9 cm³/mol. The van der Waals surface area contributed by atoms with Crippen molar-refractivity contribution in [2.45, 2.75) is 0 Å². The number of nitrogens with zero attached hydrogens (tertiary/aromatic N) is 2. The van der Waals surface area contributed by atoms with Gasteiger partial charge >= 0.3 is 5.97 Å². The number of nitrogens with one attached hydrogen (secondary N) is 2. The second-order valence-corrected chi connectivity index (χ2v) is 4.56. The minimum absolute atomic E-state index is 0.372. The monoisotopic (exact) mass is 294 g/mol. The van der Waals surface area contributed by atoms with Crippen LogP contribution < -0.4 is 5.32 Å². The van der Waals surface area contributed by atoms with Gasteiger partial charge in [-0.1, -0.05) is 6.07 Å². The Labute approximate surface area is 127 Å². The second-order valence-electron chi connectivity index (χ2n) is 4.56. The van der Waals surface area contributed by atoms with Crippen molar-refractivity contribution in [3.05, 3.63) is 60.6 Å². The molecular formula is C16H14N4O2. The molecule has 0 aliphatic heterocycles. The lowest BCUT2D eigenvalue weighted by Crippen LogP contribution is -1.98. The molecule has 0 atom stereocenters. The van der Waals surface area contributed by atoms with Crippen molar-refractivity contribution in [2.75, 3.05) is 12.4 Å². The molecule has 0 saturated heterocycles. The van der Waals surface area contributed by atoms with E-state index in [-0.39, 0.29) is 5.97 Å². The molecule has 22 heavy (non-hydrogen) atoms. The minimum atomic E-state index is -0.372. The fourth-order valence-electron chi connectivity index (χ4n) is 2.03. The van der Waals surface area contributed by atoms with E-state index in [0.717, 1.165) is 11.3 Å². The SMILES string of the molecule is COC(=O)c1c[nH]c(-c2ccnc(Nc3ccccn3)c2)c1. The Morgan fingerprint density at radius 3 is 2.77 bits per heavy atom. The number of pyridine rings is 2. The van der Waals surface area contributed by atoms with E-state index in [9.17, 15) is 4.79 Å². The molecule has 6 nitrogen and oxygen atoms in total. The van der Waals surface area contributed by atoms with Crippen molar-refractivity contribution in [3.63, 3.8) is 0 Å². The van der Waals surface area contributed by atoms with Gasteiger partial charge in [-0.15, -0.1) is 0 Å². The van der Waals surface area contributed by atoms with Crippen LogP contribution in [0.2, 0.25) is 0 Å². The van der Waals surface area contributed by atoms with E-state index in [0.29, 0.717) is 17.2 Å². The second kappa shape index (κ2) is 6.09. The summed E-state index contributed by atoms with van der Waals surface area (Å²) in [5.74, 6) is 1.02. The lowest BCUT2D eigenvalue weighted by atomic mass is 10.2. The van der Waals surface area contributed by atoms with Crippen LogP contribution in [-0.2, 0) is 4.74 Å². The normalized spacial score (nSPS) is 10.2. The highest BCUT2D eigenvalue weighted by Gasteiger charge is 2.10. The summed E-state index contributed by atoms with van der Waals surface area (Å²) in [5, 5.41) is 3.13. The largest absolute Gasteiger partial charge is 0.465 e. The molecule has 3 rings (SSSR count). The van der Waals surface area contributed by atoms with Gasteiger partial charge in [0, 0.05) is 29.8 Å². The van der Waals surface area contributed by atoms with E-state index in [1.807, 2.05) is 30.3 Å². The first-order valence-corrected chi connectivity index (χ1v) is 6.67. The lowest BCUT2D eigenvalue weighted by Gasteiger charge is -2.05. The van der Waals surface area contributed by atoms with Gasteiger partial charge in [-0.2, -0.15) is 0 Å². The molecule has 0 radical (unpaired) electrons. The van der Waals surface area contributed by atoms with Crippen molar-refractivity contribution in [1.82, 2.24) is 15.0 Å². The number of hydrogen-bond acceptors (Lipinski definition) is 5. The van der Waals surface area contributed by atoms with E-state index < -0.39 is 0 Å². The number of rotatable bonds is 4. The van der Waals surface area contributed by atoms with Gasteiger partial charge in [0.05, 0.1) is 12.7 Å². The van der Waals surface area contributed by atoms with E-state index >= 15 is 0 Å². The summed E-state index contributed by atoms with van der Waals surface area (Å²) in [6.07, 6.45) is 5.02. The van der Waals surface area contributed by atoms with Crippen molar-refractivity contribution in [2.24, 2.45) is 0 Å². The number of ether oxygens (including phenoxy) is 1. The zero-order valence-corrected chi connectivity index (χ0v) is 11.9. The number of H-pyrrole nitrogens is 1. The first-order chi connectivity index (χ1) is 10.8. The number of methoxy groups -OCH3 is 1. The molecule has 0 bridgehead atoms. The lowest BCUT2D eigenvalue weighted by molar-refractivity contribution is 0.0601. The van der Waals surface area contributed by atoms with Gasteiger partial charge in [-0.25, -0.2) is 14.8 Å². The molecule has 0 unspecified atom stereocenters. The number of esters is 1. The summed E-state index contributed by atoms with van der Waals surface area (Å²) >= 11 is 0. The molecule has 0 saturated carbocycles. The van der Waals surface area contributed by atoms with Crippen molar-refractivity contribution >= 4 is 17.6 Å². The van der Waals surface area contributed by atoms with Gasteiger partial charge < -0.3 is 15.0 Å². The van der Waals surface area contributed by atoms with E-state index in [1.165, 1.54) is 7.11 Å². The molecule has 6 heteroatoms. The minimum Gasteiger partial charge on any atom is -0.465 e. The Balaban J connectivity index is 1.85. The van der Waals surface area contributed by atoms with Gasteiger partial charge in [-0.3, -0.25) is 0 Å². The van der Waals surface area contributed by atoms with Crippen LogP contribution in [-0.4, -0.2) is 28.0 Å². The average Bonchev–Trinajstić information content (AvgIpc) is 3.05. The molecule has 0 aliphatic rings. The Morgan fingerprint density at radius 1 is 1.14 bits per heavy atom. The quantitative estimate of drug-likeness (QED) is 0.723. The van der Waals surface area contributed by atoms with Crippen LogP contribution in [0.4, 0.5) is 11.6 Å². The summed E-state index contributed by atoms with van der Waals surface area (Å²) in [7, 11) is 1.36. The number of aromatic amines is 1. The third-order valence-corrected chi connectivity index (χ3v) is 3.10. The first kappa shape index (κ1) is 13.8. The third kappa shape index (κ3) is 2.95. The maximum absolute atomic E-state index is 11.5. The fourth-order valence-corrected chi connectivity index (χ4v) is 2.03. The first-order valence-electron chi connectivity index (χ1n) is 6.67. The molecule has 2 N–H and O–H groups in total. The van der Waals surface area contributed by atoms with E-state index in [1.54, 1.807) is 24.7 Å². The molecule has 3 heterocycles. The van der Waals surface area contributed by atoms with Crippen LogP contribution >= 0.6 is 0 Å². The number of carbonyl (C=O) groups is 1. The maximum Gasteiger partial charge on any atom is 0.339 e. The zero-order valence-electron chi connectivity index (χ0n) is 11.9. The van der Waals surface area contributed by atoms with Crippen LogP contribution in [0.3, 0.4) is 0 Å². The zero-order chi connectivity index (χ0) is 15.4. The smallest absolute Gasteiger partial charge is 0.339 e. The Kier molecular flexibility index (Phi) is 3.82. The third-order valence-electron chi connectivity index (χ3n) is 3.10. The number of carbonyl (C=O) groups excluding carboxylic acids is 1. The van der Waals surface area contributed by atoms with Gasteiger partial charge in [0.15, 0.2) is 0 Å². The van der Waals surface area contributed by atoms with Gasteiger partial charge in [0.2, 0.25) is 0 Å². The van der Waals surface area contributed by atoms with Crippen LogP contribution in [0.5, 0.6) is 0 Å². The molecule has 0 spiro atoms. The maximum atomic E-state index is 11.5. The summed E-state index contributed by atoms with van der Waals surface area (Å²) in [5.41, 5.74) is 2.20. The Morgan fingerprint density at radius 2 is 2.00 bits per heavy atom. The molecule has 0 amide bonds. The molecule has 3 aromatic rings. The van der Waals surface area contributed by atoms with Crippen molar-refractivity contribution in [3.8, 4) is 11.3 Å². The topological polar surface area (TPSA) is 79.9 Å². The van der Waals surface area contributed by atoms with Gasteiger partial charge in [0.25, 0.3) is 0 Å². The van der Waals surface area contributed by atoms with Crippen molar-refractivity contribution in [1.29, 1.82) is 0 Å². The van der Waals surface area contributed by atoms with Crippen molar-refractivity contribution < 1.29 is 9.53 Å². The molecule has 3 aromatic heterocycles. The number of aromatic nitrogens is 3. The highest BCUT2D eigenvalue weighted by Crippen LogP contribution is 2.22. The molecule has 0 fully saturated rings. The fraction of sp³-hybridized carbons (Fsp3) is 0.0625. The van der Waals surface area contributed by atoms with Crippen LogP contribution in [0.15, 0.2) is 55.0 Å². The number of hydrogen-bond donors (Lipinski definition) is 2. The van der Waals surface area contributed by atoms with E-state index in [4.69, 9.17) is 4.74 Å². The van der Waals surface area contributed by atoms with Crippen LogP contribution in [0.25, 0.3) is 11.3 Å². The molecular weight excluding hydrogens is 280 g/mol. The summed E-state index contributed by atoms with van der Waals surface area (Å²) in [6.45, 7) is 0. The standard InChI is InChI=1S/C16H14N4O2/c1-22-16(21)12-8-13(19-10-12)11-5-7-18-15(9-11)20-14-4-2-3-6-17-14/h2-10,19H,1H3,(H,17,18,20). The van der Waals surface area contributed by atoms with Crippen LogP contribution in [0, 0.1) is 0 Å². The highest BCUT2D eigenvalue weighted by atomic mass is 16.5. The predicted octanol–water partition coefficient (Wildman–Crippen LogP) is 3.00. The highest BCUT2D eigenvalue weighted by molar-refractivity contribution is 5.90.